The molecule has 63 heavy (non-hydrogen) atoms. The monoisotopic (exact) mass is 875 g/mol. The lowest BCUT2D eigenvalue weighted by Gasteiger charge is -2.38. The van der Waals surface area contributed by atoms with Crippen LogP contribution >= 0.6 is 0 Å². The molecule has 7 rings (SSSR count). The van der Waals surface area contributed by atoms with Gasteiger partial charge >= 0.3 is 29.8 Å². The Hall–Kier alpha value is -5.34. The van der Waals surface area contributed by atoms with Gasteiger partial charge in [0.2, 0.25) is 0 Å². The second-order valence-electron chi connectivity index (χ2n) is 17.7. The molecular formula is C48H70N6O9. The van der Waals surface area contributed by atoms with Crippen molar-refractivity contribution < 1.29 is 37.9 Å². The molecule has 0 bridgehead atoms. The Morgan fingerprint density at radius 1 is 0.825 bits per heavy atom. The number of para-hydroxylation sites is 1. The lowest BCUT2D eigenvalue weighted by Crippen LogP contribution is -2.51. The van der Waals surface area contributed by atoms with Gasteiger partial charge in [-0.3, -0.25) is 14.2 Å². The highest BCUT2D eigenvalue weighted by atomic mass is 16.6. The van der Waals surface area contributed by atoms with Gasteiger partial charge in [0, 0.05) is 71.0 Å². The molecule has 1 aromatic heterocycles. The maximum absolute atomic E-state index is 13.8. The third-order valence-corrected chi connectivity index (χ3v) is 12.9. The quantitative estimate of drug-likeness (QED) is 0.125. The van der Waals surface area contributed by atoms with Gasteiger partial charge in [0.1, 0.15) is 0 Å². The number of urea groups is 1. The molecule has 0 aliphatic carbocycles. The lowest BCUT2D eigenvalue weighted by molar-refractivity contribution is -0.161. The summed E-state index contributed by atoms with van der Waals surface area (Å²) in [5, 5.41) is 3.03. The topological polar surface area (TPSA) is 164 Å². The third-order valence-electron chi connectivity index (χ3n) is 12.9. The van der Waals surface area contributed by atoms with E-state index in [1.165, 1.54) is 4.57 Å². The minimum Gasteiger partial charge on any atom is -0.459 e. The summed E-state index contributed by atoms with van der Waals surface area (Å²) in [6.45, 7) is 12.9. The number of anilines is 1. The molecular weight excluding hydrogens is 805 g/mol. The summed E-state index contributed by atoms with van der Waals surface area (Å²) >= 11 is 0. The summed E-state index contributed by atoms with van der Waals surface area (Å²) in [5.41, 5.74) is 4.72. The fourth-order valence-electron chi connectivity index (χ4n) is 8.92. The third kappa shape index (κ3) is 12.7. The van der Waals surface area contributed by atoms with Crippen molar-refractivity contribution in [2.45, 2.75) is 124 Å². The van der Waals surface area contributed by atoms with Crippen LogP contribution in [0, 0.1) is 18.8 Å². The number of hydrogen-bond donors (Lipinski definition) is 1. The normalized spacial score (nSPS) is 18.0. The van der Waals surface area contributed by atoms with Gasteiger partial charge in [-0.15, -0.1) is 0 Å². The Bertz CT molecular complexity index is 2090. The molecule has 2 aromatic carbocycles. The number of nitrogens with one attached hydrogen (secondary N) is 1. The molecule has 15 heteroatoms. The average molecular weight is 875 g/mol. The zero-order chi connectivity index (χ0) is 44.3. The second kappa shape index (κ2) is 22.8. The number of likely N-dealkylation sites (tertiary alicyclic amines) is 3. The summed E-state index contributed by atoms with van der Waals surface area (Å²) in [5.74, 6) is -0.592. The number of carbonyl (C=O) groups is 5. The molecule has 5 amide bonds. The minimum absolute atomic E-state index is 0. The van der Waals surface area contributed by atoms with Gasteiger partial charge in [0.15, 0.2) is 11.7 Å². The maximum atomic E-state index is 13.8. The average Bonchev–Trinajstić information content (AvgIpc) is 3.44. The van der Waals surface area contributed by atoms with E-state index in [4.69, 9.17) is 13.9 Å². The molecule has 5 heterocycles. The number of fused-ring (bicyclic) bond motifs is 2. The maximum Gasteiger partial charge on any atom is 0.419 e. The van der Waals surface area contributed by atoms with E-state index >= 15 is 0 Å². The number of aromatic nitrogens is 1. The molecule has 346 valence electrons. The van der Waals surface area contributed by atoms with Crippen LogP contribution in [0.2, 0.25) is 0 Å². The predicted molar refractivity (Wildman–Crippen MR) is 242 cm³/mol. The van der Waals surface area contributed by atoms with Crippen LogP contribution in [-0.4, -0.2) is 119 Å². The Morgan fingerprint density at radius 3 is 2.13 bits per heavy atom. The summed E-state index contributed by atoms with van der Waals surface area (Å²) in [6, 6.07) is 11.4. The number of oxazole rings is 1. The zero-order valence-electron chi connectivity index (χ0n) is 37.3. The number of unbranched alkanes of at least 4 members (excludes halogenated alkanes) is 3. The summed E-state index contributed by atoms with van der Waals surface area (Å²) in [4.78, 5) is 82.7. The number of carbonyl (C=O) groups excluding carboxylic acids is 5. The van der Waals surface area contributed by atoms with E-state index in [1.54, 1.807) is 27.8 Å². The van der Waals surface area contributed by atoms with Gasteiger partial charge in [-0.2, -0.15) is 0 Å². The number of piperidine rings is 3. The molecule has 1 N–H and O–H groups in total. The smallest absolute Gasteiger partial charge is 0.419 e. The number of benzene rings is 2. The van der Waals surface area contributed by atoms with E-state index in [1.807, 2.05) is 42.2 Å². The molecule has 0 spiro atoms. The first kappa shape index (κ1) is 48.7. The van der Waals surface area contributed by atoms with Crippen LogP contribution in [0.3, 0.4) is 0 Å². The molecule has 0 saturated carbocycles. The molecule has 3 aromatic rings. The van der Waals surface area contributed by atoms with Crippen LogP contribution in [-0.2, 0) is 43.7 Å². The summed E-state index contributed by atoms with van der Waals surface area (Å²) in [6.07, 6.45) is 8.67. The van der Waals surface area contributed by atoms with Gasteiger partial charge < -0.3 is 38.8 Å². The van der Waals surface area contributed by atoms with Crippen LogP contribution in [0.15, 0.2) is 45.6 Å². The molecule has 0 radical (unpaired) electrons. The van der Waals surface area contributed by atoms with Gasteiger partial charge in [-0.25, -0.2) is 19.2 Å². The van der Waals surface area contributed by atoms with Crippen molar-refractivity contribution in [3.05, 3.63) is 63.6 Å². The SMILES string of the molecule is C.CCCCCCOC(=O)C(=O)N1CCC(C)CC1.Cc1cc(C[C@@H](OC(=O)N2CCC(N3CCc4ccccc4NC3=O)CC2)C(=O)N2CCC(C)CC2)cc2oc(=O)n(C)c12. The summed E-state index contributed by atoms with van der Waals surface area (Å²) in [7, 11) is 1.66. The molecule has 0 unspecified atom stereocenters. The van der Waals surface area contributed by atoms with Gasteiger partial charge in [0.25, 0.3) is 5.91 Å². The second-order valence-corrected chi connectivity index (χ2v) is 17.7. The Balaban J connectivity index is 0.000000333. The number of ether oxygens (including phenoxy) is 2. The number of rotatable bonds is 10. The van der Waals surface area contributed by atoms with E-state index in [0.29, 0.717) is 88.2 Å². The highest BCUT2D eigenvalue weighted by Gasteiger charge is 2.36. The molecule has 3 saturated heterocycles. The van der Waals surface area contributed by atoms with E-state index in [2.05, 4.69) is 26.1 Å². The van der Waals surface area contributed by atoms with Crippen LogP contribution in [0.4, 0.5) is 15.3 Å². The fraction of sp³-hybridized carbons (Fsp3) is 0.625. The van der Waals surface area contributed by atoms with Crippen molar-refractivity contribution in [2.24, 2.45) is 18.9 Å². The highest BCUT2D eigenvalue weighted by Crippen LogP contribution is 2.27. The van der Waals surface area contributed by atoms with Crippen molar-refractivity contribution in [1.82, 2.24) is 24.2 Å². The van der Waals surface area contributed by atoms with Crippen LogP contribution in [0.25, 0.3) is 11.1 Å². The van der Waals surface area contributed by atoms with Gasteiger partial charge in [-0.1, -0.05) is 71.7 Å². The van der Waals surface area contributed by atoms with Crippen LogP contribution in [0.5, 0.6) is 0 Å². The van der Waals surface area contributed by atoms with Crippen molar-refractivity contribution >= 4 is 46.7 Å². The lowest BCUT2D eigenvalue weighted by atomic mass is 9.98. The molecule has 4 aliphatic rings. The largest absolute Gasteiger partial charge is 0.459 e. The number of aryl methyl sites for hydroxylation is 2. The number of esters is 1. The molecule has 1 atom stereocenters. The Labute approximate surface area is 372 Å². The summed E-state index contributed by atoms with van der Waals surface area (Å²) < 4.78 is 17.9. The first-order valence-corrected chi connectivity index (χ1v) is 22.8. The standard InChI is InChI=1S/C33H41N5O6.C14H25NO3.CH4/c1-21-8-13-36(14-9-21)30(39)28(20-23-18-22(2)29-27(19-23)43-32(41)35(29)3)44-33(42)37-15-11-25(12-16-37)38-17-10-24-6-4-5-7-26(24)34-31(38)40;1-3-4-5-6-11-18-14(17)13(16)15-9-7-12(2)8-10-15;/h4-7,18-19,21,25,28H,8-17,20H2,1-3H3,(H,34,40);12H,3-11H2,1-2H3;1H4/t28-;;/m1../s1. The number of hydrogen-bond acceptors (Lipinski definition) is 9. The van der Waals surface area contributed by atoms with Gasteiger partial charge in [-0.05, 0) is 98.9 Å². The Kier molecular flexibility index (Phi) is 17.7. The minimum atomic E-state index is -1.00. The predicted octanol–water partition coefficient (Wildman–Crippen LogP) is 7.31. The Morgan fingerprint density at radius 2 is 1.46 bits per heavy atom. The molecule has 15 nitrogen and oxygen atoms in total. The molecule has 4 aliphatic heterocycles. The van der Waals surface area contributed by atoms with Crippen LogP contribution < -0.4 is 11.1 Å². The zero-order valence-corrected chi connectivity index (χ0v) is 37.3. The van der Waals surface area contributed by atoms with Crippen molar-refractivity contribution in [2.75, 3.05) is 57.7 Å². The van der Waals surface area contributed by atoms with Gasteiger partial charge in [0.05, 0.1) is 12.1 Å². The van der Waals surface area contributed by atoms with E-state index in [0.717, 1.165) is 80.2 Å². The number of nitrogens with zero attached hydrogens (tertiary/aromatic N) is 5. The fourth-order valence-corrected chi connectivity index (χ4v) is 8.92. The van der Waals surface area contributed by atoms with E-state index in [-0.39, 0.29) is 31.8 Å². The first-order valence-electron chi connectivity index (χ1n) is 22.8. The molecule has 3 fully saturated rings. The first-order chi connectivity index (χ1) is 29.8. The highest BCUT2D eigenvalue weighted by molar-refractivity contribution is 6.32. The van der Waals surface area contributed by atoms with E-state index in [9.17, 15) is 28.8 Å². The van der Waals surface area contributed by atoms with E-state index < -0.39 is 29.8 Å². The van der Waals surface area contributed by atoms with Crippen molar-refractivity contribution in [3.63, 3.8) is 0 Å². The van der Waals surface area contributed by atoms with Crippen molar-refractivity contribution in [1.29, 1.82) is 0 Å². The van der Waals surface area contributed by atoms with Crippen LogP contribution in [0.1, 0.15) is 109 Å². The number of amides is 5. The van der Waals surface area contributed by atoms with Crippen molar-refractivity contribution in [3.8, 4) is 0 Å².